The molecule has 2 aromatic carbocycles. The number of hydrogen-bond donors (Lipinski definition) is 0. The van der Waals surface area contributed by atoms with Crippen molar-refractivity contribution in [2.75, 3.05) is 31.1 Å². The first-order valence-electron chi connectivity index (χ1n) is 9.32. The minimum Gasteiger partial charge on any atom is -0.345 e. The van der Waals surface area contributed by atoms with E-state index >= 15 is 0 Å². The zero-order valence-electron chi connectivity index (χ0n) is 16.1. The third-order valence-electron chi connectivity index (χ3n) is 4.95. The van der Waals surface area contributed by atoms with Crippen LogP contribution < -0.4 is 4.90 Å². The molecule has 0 bridgehead atoms. The van der Waals surface area contributed by atoms with E-state index in [0.29, 0.717) is 37.6 Å². The minimum atomic E-state index is -3.65. The van der Waals surface area contributed by atoms with E-state index in [0.717, 1.165) is 16.4 Å². The highest BCUT2D eigenvalue weighted by atomic mass is 35.5. The Morgan fingerprint density at radius 3 is 2.35 bits per heavy atom. The molecular formula is C20H17Cl3FN3O2S2. The average molecular weight is 521 g/mol. The van der Waals surface area contributed by atoms with Crippen molar-refractivity contribution in [3.8, 4) is 0 Å². The van der Waals surface area contributed by atoms with Gasteiger partial charge in [0.2, 0.25) is 10.0 Å². The monoisotopic (exact) mass is 519 g/mol. The van der Waals surface area contributed by atoms with Crippen molar-refractivity contribution < 1.29 is 12.8 Å². The van der Waals surface area contributed by atoms with Gasteiger partial charge in [0.05, 0.1) is 25.7 Å². The van der Waals surface area contributed by atoms with Crippen LogP contribution in [0.4, 0.5) is 9.52 Å². The molecule has 1 aliphatic heterocycles. The summed E-state index contributed by atoms with van der Waals surface area (Å²) < 4.78 is 40.9. The second-order valence-corrected chi connectivity index (χ2v) is 11.0. The van der Waals surface area contributed by atoms with Gasteiger partial charge in [0, 0.05) is 38.0 Å². The Morgan fingerprint density at radius 1 is 0.968 bits per heavy atom. The molecule has 0 amide bonds. The highest BCUT2D eigenvalue weighted by molar-refractivity contribution is 7.89. The zero-order chi connectivity index (χ0) is 22.2. The summed E-state index contributed by atoms with van der Waals surface area (Å²) >= 11 is 19.1. The zero-order valence-corrected chi connectivity index (χ0v) is 20.0. The van der Waals surface area contributed by atoms with Gasteiger partial charge in [-0.15, -0.1) is 11.3 Å². The molecule has 1 aliphatic rings. The summed E-state index contributed by atoms with van der Waals surface area (Å²) in [6, 6.07) is 9.04. The SMILES string of the molecule is O=S(=O)(c1ccc(Cl)c(Cl)c1)N1CCN(c2nc(Cc3ccc(Cl)c(F)c3)cs2)CC1. The summed E-state index contributed by atoms with van der Waals surface area (Å²) in [4.78, 5) is 6.82. The Morgan fingerprint density at radius 2 is 1.68 bits per heavy atom. The third-order valence-corrected chi connectivity index (χ3v) is 8.84. The first-order chi connectivity index (χ1) is 14.7. The summed E-state index contributed by atoms with van der Waals surface area (Å²) in [7, 11) is -3.65. The fourth-order valence-corrected chi connectivity index (χ4v) is 6.10. The standard InChI is InChI=1S/C20H17Cl3FN3O2S2/c21-16-4-2-15(11-18(16)23)31(28,29)27-7-5-26(6-8-27)20-25-14(12-30-20)9-13-1-3-17(22)19(24)10-13/h1-4,10-12H,5-9H2. The van der Waals surface area contributed by atoms with Crippen molar-refractivity contribution in [2.45, 2.75) is 11.3 Å². The van der Waals surface area contributed by atoms with E-state index in [9.17, 15) is 12.8 Å². The predicted molar refractivity (Wildman–Crippen MR) is 124 cm³/mol. The molecule has 11 heteroatoms. The quantitative estimate of drug-likeness (QED) is 0.455. The molecule has 1 saturated heterocycles. The molecule has 3 aromatic rings. The van der Waals surface area contributed by atoms with Crippen molar-refractivity contribution >= 4 is 61.3 Å². The molecule has 0 unspecified atom stereocenters. The molecule has 0 spiro atoms. The number of benzene rings is 2. The molecule has 1 fully saturated rings. The minimum absolute atomic E-state index is 0.0939. The van der Waals surface area contributed by atoms with Crippen LogP contribution in [-0.2, 0) is 16.4 Å². The van der Waals surface area contributed by atoms with Crippen LogP contribution >= 0.6 is 46.1 Å². The fourth-order valence-electron chi connectivity index (χ4n) is 3.29. The number of rotatable bonds is 5. The second kappa shape index (κ2) is 9.21. The van der Waals surface area contributed by atoms with Gasteiger partial charge in [0.25, 0.3) is 0 Å². The number of anilines is 1. The molecule has 0 atom stereocenters. The summed E-state index contributed by atoms with van der Waals surface area (Å²) in [5.41, 5.74) is 1.61. The van der Waals surface area contributed by atoms with E-state index in [-0.39, 0.29) is 14.9 Å². The van der Waals surface area contributed by atoms with Crippen molar-refractivity contribution in [3.63, 3.8) is 0 Å². The van der Waals surface area contributed by atoms with Crippen LogP contribution in [0.3, 0.4) is 0 Å². The first kappa shape index (κ1) is 22.8. The molecule has 5 nitrogen and oxygen atoms in total. The van der Waals surface area contributed by atoms with Gasteiger partial charge in [-0.25, -0.2) is 17.8 Å². The molecule has 164 valence electrons. The molecule has 4 rings (SSSR count). The number of sulfonamides is 1. The fraction of sp³-hybridized carbons (Fsp3) is 0.250. The van der Waals surface area contributed by atoms with Crippen LogP contribution in [0, 0.1) is 5.82 Å². The molecule has 31 heavy (non-hydrogen) atoms. The number of hydrogen-bond acceptors (Lipinski definition) is 5. The second-order valence-electron chi connectivity index (χ2n) is 7.01. The Hall–Kier alpha value is -1.42. The molecule has 0 radical (unpaired) electrons. The summed E-state index contributed by atoms with van der Waals surface area (Å²) in [6.45, 7) is 1.70. The lowest BCUT2D eigenvalue weighted by Crippen LogP contribution is -2.48. The highest BCUT2D eigenvalue weighted by Crippen LogP contribution is 2.29. The first-order valence-corrected chi connectivity index (χ1v) is 12.8. The van der Waals surface area contributed by atoms with Crippen LogP contribution in [0.2, 0.25) is 15.1 Å². The van der Waals surface area contributed by atoms with Gasteiger partial charge in [-0.05, 0) is 35.9 Å². The lowest BCUT2D eigenvalue weighted by molar-refractivity contribution is 0.384. The molecule has 0 N–H and O–H groups in total. The molecule has 0 aliphatic carbocycles. The van der Waals surface area contributed by atoms with Crippen molar-refractivity contribution in [3.05, 3.63) is 73.9 Å². The van der Waals surface area contributed by atoms with Crippen LogP contribution in [0.25, 0.3) is 0 Å². The maximum Gasteiger partial charge on any atom is 0.243 e. The van der Waals surface area contributed by atoms with E-state index in [4.69, 9.17) is 34.8 Å². The van der Waals surface area contributed by atoms with Crippen molar-refractivity contribution in [1.29, 1.82) is 0 Å². The Bertz CT molecular complexity index is 1210. The van der Waals surface area contributed by atoms with Gasteiger partial charge in [0.15, 0.2) is 5.13 Å². The lowest BCUT2D eigenvalue weighted by Gasteiger charge is -2.33. The number of thiazole rings is 1. The van der Waals surface area contributed by atoms with E-state index < -0.39 is 15.8 Å². The van der Waals surface area contributed by atoms with Crippen LogP contribution in [0.15, 0.2) is 46.7 Å². The maximum atomic E-state index is 13.6. The summed E-state index contributed by atoms with van der Waals surface area (Å²) in [6.07, 6.45) is 0.496. The predicted octanol–water partition coefficient (Wildman–Crippen LogP) is 5.34. The molecule has 0 saturated carbocycles. The van der Waals surface area contributed by atoms with Crippen molar-refractivity contribution in [1.82, 2.24) is 9.29 Å². The van der Waals surface area contributed by atoms with E-state index in [1.165, 1.54) is 46.0 Å². The summed E-state index contributed by atoms with van der Waals surface area (Å²) in [5.74, 6) is -0.450. The third kappa shape index (κ3) is 4.99. The molecule has 1 aromatic heterocycles. The average Bonchev–Trinajstić information content (AvgIpc) is 3.21. The van der Waals surface area contributed by atoms with Crippen LogP contribution in [-0.4, -0.2) is 43.9 Å². The number of piperazine rings is 1. The highest BCUT2D eigenvalue weighted by Gasteiger charge is 2.29. The van der Waals surface area contributed by atoms with Gasteiger partial charge in [0.1, 0.15) is 5.82 Å². The number of aromatic nitrogens is 1. The normalized spacial score (nSPS) is 15.4. The van der Waals surface area contributed by atoms with Gasteiger partial charge in [-0.2, -0.15) is 4.31 Å². The van der Waals surface area contributed by atoms with Gasteiger partial charge in [-0.1, -0.05) is 40.9 Å². The van der Waals surface area contributed by atoms with Crippen LogP contribution in [0.5, 0.6) is 0 Å². The van der Waals surface area contributed by atoms with Crippen LogP contribution in [0.1, 0.15) is 11.3 Å². The molecular weight excluding hydrogens is 504 g/mol. The smallest absolute Gasteiger partial charge is 0.243 e. The topological polar surface area (TPSA) is 53.5 Å². The number of halogens is 4. The van der Waals surface area contributed by atoms with E-state index in [1.54, 1.807) is 6.07 Å². The van der Waals surface area contributed by atoms with E-state index in [1.807, 2.05) is 5.38 Å². The molecule has 2 heterocycles. The maximum absolute atomic E-state index is 13.6. The van der Waals surface area contributed by atoms with E-state index in [2.05, 4.69) is 9.88 Å². The Balaban J connectivity index is 1.41. The van der Waals surface area contributed by atoms with Gasteiger partial charge in [-0.3, -0.25) is 0 Å². The summed E-state index contributed by atoms with van der Waals surface area (Å²) in [5, 5.41) is 3.36. The Kier molecular flexibility index (Phi) is 6.76. The number of nitrogens with zero attached hydrogens (tertiary/aromatic N) is 3. The van der Waals surface area contributed by atoms with Crippen molar-refractivity contribution in [2.24, 2.45) is 0 Å². The Labute approximate surface area is 199 Å². The lowest BCUT2D eigenvalue weighted by atomic mass is 10.1. The van der Waals surface area contributed by atoms with Gasteiger partial charge < -0.3 is 4.90 Å². The largest absolute Gasteiger partial charge is 0.345 e. The van der Waals surface area contributed by atoms with Gasteiger partial charge >= 0.3 is 0 Å².